The molecule has 0 spiro atoms. The van der Waals surface area contributed by atoms with Gasteiger partial charge in [0.15, 0.2) is 0 Å². The summed E-state index contributed by atoms with van der Waals surface area (Å²) < 4.78 is 47.6. The SMILES string of the molecule is NCCOCCOCCNC(=O)c1ccc(C2(CCC(F)(F)F)N=N2)cc1. The molecule has 0 bridgehead atoms. The highest BCUT2D eigenvalue weighted by molar-refractivity contribution is 5.94. The molecular weight excluding hydrogens is 365 g/mol. The van der Waals surface area contributed by atoms with Crippen LogP contribution in [0.15, 0.2) is 34.5 Å². The van der Waals surface area contributed by atoms with Crippen molar-refractivity contribution in [3.63, 3.8) is 0 Å². The van der Waals surface area contributed by atoms with E-state index in [1.807, 2.05) is 0 Å². The molecule has 1 aromatic rings. The molecule has 3 N–H and O–H groups in total. The van der Waals surface area contributed by atoms with E-state index in [9.17, 15) is 18.0 Å². The number of hydrogen-bond donors (Lipinski definition) is 2. The first-order valence-corrected chi connectivity index (χ1v) is 8.61. The van der Waals surface area contributed by atoms with Crippen LogP contribution in [0.3, 0.4) is 0 Å². The molecule has 1 aromatic carbocycles. The van der Waals surface area contributed by atoms with Gasteiger partial charge in [-0.3, -0.25) is 4.79 Å². The second-order valence-corrected chi connectivity index (χ2v) is 5.98. The highest BCUT2D eigenvalue weighted by Gasteiger charge is 2.45. The lowest BCUT2D eigenvalue weighted by atomic mass is 9.97. The topological polar surface area (TPSA) is 98.3 Å². The fourth-order valence-corrected chi connectivity index (χ4v) is 2.37. The van der Waals surface area contributed by atoms with E-state index in [2.05, 4.69) is 15.5 Å². The zero-order chi connectivity index (χ0) is 19.8. The van der Waals surface area contributed by atoms with Gasteiger partial charge in [0.2, 0.25) is 5.66 Å². The molecule has 0 unspecified atom stereocenters. The lowest BCUT2D eigenvalue weighted by molar-refractivity contribution is -0.137. The molecule has 0 saturated heterocycles. The van der Waals surface area contributed by atoms with Gasteiger partial charge in [0.25, 0.3) is 5.91 Å². The van der Waals surface area contributed by atoms with Gasteiger partial charge in [0, 0.05) is 37.1 Å². The van der Waals surface area contributed by atoms with Gasteiger partial charge < -0.3 is 20.5 Å². The summed E-state index contributed by atoms with van der Waals surface area (Å²) in [6, 6.07) is 6.25. The van der Waals surface area contributed by atoms with Crippen molar-refractivity contribution in [3.05, 3.63) is 35.4 Å². The van der Waals surface area contributed by atoms with E-state index in [4.69, 9.17) is 15.2 Å². The van der Waals surface area contributed by atoms with Gasteiger partial charge in [-0.05, 0) is 12.1 Å². The Bertz CT molecular complexity index is 629. The molecule has 10 heteroatoms. The molecule has 0 aliphatic carbocycles. The van der Waals surface area contributed by atoms with Crippen molar-refractivity contribution in [1.29, 1.82) is 0 Å². The highest BCUT2D eigenvalue weighted by atomic mass is 19.4. The fraction of sp³-hybridized carbons (Fsp3) is 0.588. The van der Waals surface area contributed by atoms with Gasteiger partial charge >= 0.3 is 6.18 Å². The Kier molecular flexibility index (Phi) is 7.69. The minimum Gasteiger partial charge on any atom is -0.378 e. The van der Waals surface area contributed by atoms with Crippen LogP contribution < -0.4 is 11.1 Å². The summed E-state index contributed by atoms with van der Waals surface area (Å²) in [5.41, 5.74) is 5.10. The molecule has 2 rings (SSSR count). The minimum absolute atomic E-state index is 0.228. The average Bonchev–Trinajstić information content (AvgIpc) is 3.43. The summed E-state index contributed by atoms with van der Waals surface area (Å²) in [5, 5.41) is 10.2. The van der Waals surface area contributed by atoms with E-state index in [1.54, 1.807) is 24.3 Å². The number of alkyl halides is 3. The van der Waals surface area contributed by atoms with Crippen LogP contribution in [-0.4, -0.2) is 51.6 Å². The number of ether oxygens (including phenoxy) is 2. The van der Waals surface area contributed by atoms with E-state index in [0.717, 1.165) is 0 Å². The van der Waals surface area contributed by atoms with E-state index < -0.39 is 18.3 Å². The summed E-state index contributed by atoms with van der Waals surface area (Å²) in [6.07, 6.45) is -5.44. The Morgan fingerprint density at radius 2 is 1.70 bits per heavy atom. The number of benzene rings is 1. The van der Waals surface area contributed by atoms with E-state index in [-0.39, 0.29) is 12.3 Å². The number of hydrogen-bond acceptors (Lipinski definition) is 6. The molecule has 1 amide bonds. The smallest absolute Gasteiger partial charge is 0.378 e. The first-order valence-electron chi connectivity index (χ1n) is 8.61. The second kappa shape index (κ2) is 9.77. The van der Waals surface area contributed by atoms with Crippen LogP contribution in [0.5, 0.6) is 0 Å². The number of carbonyl (C=O) groups excluding carboxylic acids is 1. The minimum atomic E-state index is -4.25. The van der Waals surface area contributed by atoms with Crippen LogP contribution in [0.1, 0.15) is 28.8 Å². The van der Waals surface area contributed by atoms with Crippen molar-refractivity contribution in [2.24, 2.45) is 16.0 Å². The van der Waals surface area contributed by atoms with Gasteiger partial charge in [-0.2, -0.15) is 23.4 Å². The first kappa shape index (κ1) is 21.3. The lowest BCUT2D eigenvalue weighted by Crippen LogP contribution is -2.27. The zero-order valence-electron chi connectivity index (χ0n) is 14.8. The molecule has 1 heterocycles. The lowest BCUT2D eigenvalue weighted by Gasteiger charge is -2.13. The Hall–Kier alpha value is -2.04. The number of rotatable bonds is 12. The van der Waals surface area contributed by atoms with Gasteiger partial charge in [0.05, 0.1) is 26.4 Å². The normalized spacial score (nSPS) is 15.0. The van der Waals surface area contributed by atoms with Crippen molar-refractivity contribution in [2.75, 3.05) is 39.5 Å². The number of carbonyl (C=O) groups is 1. The molecule has 0 radical (unpaired) electrons. The predicted molar refractivity (Wildman–Crippen MR) is 91.3 cm³/mol. The molecule has 150 valence electrons. The molecular formula is C17H23F3N4O3. The molecule has 27 heavy (non-hydrogen) atoms. The number of amides is 1. The Balaban J connectivity index is 1.71. The fourth-order valence-electron chi connectivity index (χ4n) is 2.37. The maximum Gasteiger partial charge on any atom is 0.389 e. The third-order valence-corrected chi connectivity index (χ3v) is 3.87. The highest BCUT2D eigenvalue weighted by Crippen LogP contribution is 2.45. The average molecular weight is 388 g/mol. The van der Waals surface area contributed by atoms with Crippen molar-refractivity contribution in [1.82, 2.24) is 5.32 Å². The van der Waals surface area contributed by atoms with Crippen molar-refractivity contribution >= 4 is 5.91 Å². The summed E-state index contributed by atoms with van der Waals surface area (Å²) in [5.74, 6) is -0.293. The van der Waals surface area contributed by atoms with Gasteiger partial charge in [0.1, 0.15) is 0 Å². The standard InChI is InChI=1S/C17H23F3N4O3/c18-17(19,20)6-5-16(23-24-16)14-3-1-13(2-4-14)15(25)22-8-10-27-12-11-26-9-7-21/h1-4H,5-12,21H2,(H,22,25). The van der Waals surface area contributed by atoms with Crippen LogP contribution in [0.2, 0.25) is 0 Å². The van der Waals surface area contributed by atoms with Crippen LogP contribution in [0.4, 0.5) is 13.2 Å². The monoisotopic (exact) mass is 388 g/mol. The number of nitrogens with one attached hydrogen (secondary N) is 1. The molecule has 0 atom stereocenters. The summed E-state index contributed by atoms with van der Waals surface area (Å²) in [7, 11) is 0. The summed E-state index contributed by atoms with van der Waals surface area (Å²) in [6.45, 7) is 2.47. The first-order chi connectivity index (χ1) is 12.9. The predicted octanol–water partition coefficient (Wildman–Crippen LogP) is 2.37. The Morgan fingerprint density at radius 1 is 1.07 bits per heavy atom. The Morgan fingerprint density at radius 3 is 2.26 bits per heavy atom. The van der Waals surface area contributed by atoms with E-state index >= 15 is 0 Å². The molecule has 7 nitrogen and oxygen atoms in total. The molecule has 0 saturated carbocycles. The third kappa shape index (κ3) is 7.24. The zero-order valence-corrected chi connectivity index (χ0v) is 14.8. The Labute approximate surface area is 155 Å². The van der Waals surface area contributed by atoms with E-state index in [1.165, 1.54) is 0 Å². The maximum atomic E-state index is 12.4. The number of halogens is 3. The summed E-state index contributed by atoms with van der Waals surface area (Å²) >= 11 is 0. The maximum absolute atomic E-state index is 12.4. The van der Waals surface area contributed by atoms with E-state index in [0.29, 0.717) is 50.6 Å². The largest absolute Gasteiger partial charge is 0.389 e. The van der Waals surface area contributed by atoms with Crippen molar-refractivity contribution in [3.8, 4) is 0 Å². The van der Waals surface area contributed by atoms with Gasteiger partial charge in [-0.1, -0.05) is 12.1 Å². The van der Waals surface area contributed by atoms with Crippen molar-refractivity contribution < 1.29 is 27.4 Å². The third-order valence-electron chi connectivity index (χ3n) is 3.87. The molecule has 0 fully saturated rings. The van der Waals surface area contributed by atoms with Gasteiger partial charge in [-0.15, -0.1) is 0 Å². The number of nitrogens with two attached hydrogens (primary N) is 1. The molecule has 0 aromatic heterocycles. The van der Waals surface area contributed by atoms with Crippen LogP contribution >= 0.6 is 0 Å². The summed E-state index contributed by atoms with van der Waals surface area (Å²) in [4.78, 5) is 12.1. The quantitative estimate of drug-likeness (QED) is 0.537. The van der Waals surface area contributed by atoms with Gasteiger partial charge in [-0.25, -0.2) is 0 Å². The second-order valence-electron chi connectivity index (χ2n) is 5.98. The van der Waals surface area contributed by atoms with Crippen LogP contribution in [0.25, 0.3) is 0 Å². The number of nitrogens with zero attached hydrogens (tertiary/aromatic N) is 2. The van der Waals surface area contributed by atoms with Crippen LogP contribution in [-0.2, 0) is 15.1 Å². The molecule has 1 aliphatic rings. The van der Waals surface area contributed by atoms with Crippen molar-refractivity contribution in [2.45, 2.75) is 24.7 Å². The molecule has 1 aliphatic heterocycles. The van der Waals surface area contributed by atoms with Crippen LogP contribution in [0, 0.1) is 0 Å².